The van der Waals surface area contributed by atoms with Gasteiger partial charge in [-0.15, -0.1) is 0 Å². The Morgan fingerprint density at radius 1 is 0.885 bits per heavy atom. The quantitative estimate of drug-likeness (QED) is 0.754. The van der Waals surface area contributed by atoms with Crippen molar-refractivity contribution in [2.24, 2.45) is 0 Å². The number of fused-ring (bicyclic) bond motifs is 1. The van der Waals surface area contributed by atoms with Crippen molar-refractivity contribution in [3.63, 3.8) is 0 Å². The van der Waals surface area contributed by atoms with Crippen LogP contribution in [-0.2, 0) is 0 Å². The van der Waals surface area contributed by atoms with Gasteiger partial charge in [-0.3, -0.25) is 4.79 Å². The maximum absolute atomic E-state index is 12.7. The summed E-state index contributed by atoms with van der Waals surface area (Å²) in [7, 11) is 0. The van der Waals surface area contributed by atoms with Gasteiger partial charge in [-0.1, -0.05) is 76.0 Å². The molecule has 1 aliphatic carbocycles. The second-order valence-electron chi connectivity index (χ2n) is 7.42. The summed E-state index contributed by atoms with van der Waals surface area (Å²) in [6, 6.07) is 9.07. The predicted molar refractivity (Wildman–Crippen MR) is 105 cm³/mol. The fourth-order valence-electron chi connectivity index (χ4n) is 3.79. The first-order valence-electron chi connectivity index (χ1n) is 10.1. The first kappa shape index (κ1) is 18.7. The summed E-state index contributed by atoms with van der Waals surface area (Å²) >= 11 is 0. The summed E-state index contributed by atoms with van der Waals surface area (Å²) in [6.45, 7) is 0. The van der Waals surface area contributed by atoms with E-state index in [0.717, 1.165) is 31.1 Å². The smallest absolute Gasteiger partial charge is 0.349 e. The molecular formula is C22H29NO3. The van der Waals surface area contributed by atoms with Gasteiger partial charge >= 0.3 is 5.63 Å². The molecule has 0 bridgehead atoms. The van der Waals surface area contributed by atoms with E-state index in [1.807, 2.05) is 18.2 Å². The van der Waals surface area contributed by atoms with Crippen LogP contribution in [-0.4, -0.2) is 11.9 Å². The van der Waals surface area contributed by atoms with Crippen molar-refractivity contribution >= 4 is 16.9 Å². The van der Waals surface area contributed by atoms with Crippen molar-refractivity contribution < 1.29 is 9.21 Å². The van der Waals surface area contributed by atoms with Crippen molar-refractivity contribution in [2.75, 3.05) is 0 Å². The number of nitrogens with one attached hydrogen (secondary N) is 1. The number of rotatable bonds is 2. The molecule has 1 fully saturated rings. The topological polar surface area (TPSA) is 59.3 Å². The van der Waals surface area contributed by atoms with Gasteiger partial charge in [-0.05, 0) is 25.0 Å². The highest BCUT2D eigenvalue weighted by Crippen LogP contribution is 2.18. The number of hydrogen-bond acceptors (Lipinski definition) is 3. The first-order chi connectivity index (χ1) is 12.7. The molecule has 0 spiro atoms. The molecule has 4 heteroatoms. The van der Waals surface area contributed by atoms with E-state index in [1.165, 1.54) is 44.9 Å². The van der Waals surface area contributed by atoms with Gasteiger partial charge in [0.15, 0.2) is 0 Å². The van der Waals surface area contributed by atoms with Crippen LogP contribution in [0.15, 0.2) is 39.5 Å². The van der Waals surface area contributed by atoms with Crippen LogP contribution in [0.2, 0.25) is 0 Å². The van der Waals surface area contributed by atoms with Gasteiger partial charge in [-0.2, -0.15) is 0 Å². The molecule has 1 aliphatic rings. The van der Waals surface area contributed by atoms with Crippen molar-refractivity contribution in [3.8, 4) is 0 Å². The van der Waals surface area contributed by atoms with Gasteiger partial charge in [0, 0.05) is 11.4 Å². The highest BCUT2D eigenvalue weighted by molar-refractivity contribution is 5.96. The van der Waals surface area contributed by atoms with Crippen LogP contribution in [0.4, 0.5) is 0 Å². The number of amides is 1. The maximum atomic E-state index is 12.7. The molecule has 26 heavy (non-hydrogen) atoms. The number of para-hydroxylation sites is 1. The summed E-state index contributed by atoms with van der Waals surface area (Å²) in [6.07, 6.45) is 13.3. The Morgan fingerprint density at radius 2 is 1.46 bits per heavy atom. The molecule has 1 saturated carbocycles. The van der Waals surface area contributed by atoms with Gasteiger partial charge in [0.05, 0.1) is 0 Å². The average molecular weight is 355 g/mol. The fourth-order valence-corrected chi connectivity index (χ4v) is 3.79. The first-order valence-corrected chi connectivity index (χ1v) is 10.1. The predicted octanol–water partition coefficient (Wildman–Crippen LogP) is 5.20. The molecule has 1 heterocycles. The lowest BCUT2D eigenvalue weighted by Crippen LogP contribution is -2.37. The van der Waals surface area contributed by atoms with E-state index in [0.29, 0.717) is 5.58 Å². The van der Waals surface area contributed by atoms with Crippen LogP contribution >= 0.6 is 0 Å². The largest absolute Gasteiger partial charge is 0.422 e. The standard InChI is InChI=1S/C22H29NO3/c24-21(19-16-17-12-10-11-15-20(17)26-22(19)25)23-18-13-8-6-4-2-1-3-5-7-9-14-18/h10-12,15-16,18H,1-9,13-14H2,(H,23,24). The molecule has 1 aromatic carbocycles. The highest BCUT2D eigenvalue weighted by Gasteiger charge is 2.18. The molecule has 1 N–H and O–H groups in total. The third-order valence-electron chi connectivity index (χ3n) is 5.33. The van der Waals surface area contributed by atoms with E-state index >= 15 is 0 Å². The van der Waals surface area contributed by atoms with Crippen molar-refractivity contribution in [2.45, 2.75) is 76.7 Å². The molecular weight excluding hydrogens is 326 g/mol. The zero-order chi connectivity index (χ0) is 18.2. The summed E-state index contributed by atoms with van der Waals surface area (Å²) in [4.78, 5) is 24.9. The Labute approximate surface area is 155 Å². The molecule has 2 aromatic rings. The summed E-state index contributed by atoms with van der Waals surface area (Å²) < 4.78 is 5.30. The lowest BCUT2D eigenvalue weighted by atomic mass is 9.97. The fraction of sp³-hybridized carbons (Fsp3) is 0.545. The van der Waals surface area contributed by atoms with Crippen LogP contribution in [0.5, 0.6) is 0 Å². The van der Waals surface area contributed by atoms with Crippen LogP contribution in [0.3, 0.4) is 0 Å². The number of benzene rings is 1. The molecule has 0 atom stereocenters. The molecule has 4 nitrogen and oxygen atoms in total. The Hall–Kier alpha value is -2.10. The SMILES string of the molecule is O=C(NC1CCCCCCCCCCC1)c1cc2ccccc2oc1=O. The molecule has 0 aliphatic heterocycles. The Bertz CT molecular complexity index is 768. The van der Waals surface area contributed by atoms with Gasteiger partial charge < -0.3 is 9.73 Å². The van der Waals surface area contributed by atoms with E-state index in [-0.39, 0.29) is 17.5 Å². The van der Waals surface area contributed by atoms with Crippen LogP contribution in [0, 0.1) is 0 Å². The second-order valence-corrected chi connectivity index (χ2v) is 7.42. The number of hydrogen-bond donors (Lipinski definition) is 1. The second kappa shape index (κ2) is 9.56. The number of carbonyl (C=O) groups excluding carboxylic acids is 1. The molecule has 3 rings (SSSR count). The summed E-state index contributed by atoms with van der Waals surface area (Å²) in [5.74, 6) is -0.304. The minimum Gasteiger partial charge on any atom is -0.422 e. The molecule has 1 amide bonds. The van der Waals surface area contributed by atoms with Crippen LogP contribution in [0.25, 0.3) is 11.0 Å². The minimum absolute atomic E-state index is 0.106. The average Bonchev–Trinajstić information content (AvgIpc) is 2.63. The van der Waals surface area contributed by atoms with Crippen LogP contribution in [0.1, 0.15) is 81.0 Å². The zero-order valence-electron chi connectivity index (χ0n) is 15.5. The summed E-state index contributed by atoms with van der Waals surface area (Å²) in [5, 5.41) is 3.87. The maximum Gasteiger partial charge on any atom is 0.349 e. The van der Waals surface area contributed by atoms with Gasteiger partial charge in [0.1, 0.15) is 11.1 Å². The Morgan fingerprint density at radius 3 is 2.12 bits per heavy atom. The summed E-state index contributed by atoms with van der Waals surface area (Å²) in [5.41, 5.74) is 0.0595. The minimum atomic E-state index is -0.561. The van der Waals surface area contributed by atoms with Crippen molar-refractivity contribution in [1.82, 2.24) is 5.32 Å². The zero-order valence-corrected chi connectivity index (χ0v) is 15.5. The van der Waals surface area contributed by atoms with E-state index in [4.69, 9.17) is 4.42 Å². The van der Waals surface area contributed by atoms with Gasteiger partial charge in [0.25, 0.3) is 5.91 Å². The molecule has 1 aromatic heterocycles. The molecule has 140 valence electrons. The van der Waals surface area contributed by atoms with E-state index in [2.05, 4.69) is 5.32 Å². The lowest BCUT2D eigenvalue weighted by Gasteiger charge is -2.19. The van der Waals surface area contributed by atoms with E-state index < -0.39 is 5.63 Å². The monoisotopic (exact) mass is 355 g/mol. The van der Waals surface area contributed by atoms with E-state index in [9.17, 15) is 9.59 Å². The van der Waals surface area contributed by atoms with Gasteiger partial charge in [0.2, 0.25) is 0 Å². The molecule has 0 radical (unpaired) electrons. The number of carbonyl (C=O) groups is 1. The van der Waals surface area contributed by atoms with Crippen molar-refractivity contribution in [1.29, 1.82) is 0 Å². The lowest BCUT2D eigenvalue weighted by molar-refractivity contribution is 0.0928. The highest BCUT2D eigenvalue weighted by atomic mass is 16.4. The third-order valence-corrected chi connectivity index (χ3v) is 5.33. The molecule has 0 unspecified atom stereocenters. The Kier molecular flexibility index (Phi) is 6.87. The Balaban J connectivity index is 1.68. The van der Waals surface area contributed by atoms with E-state index in [1.54, 1.807) is 12.1 Å². The normalized spacial score (nSPS) is 18.0. The molecule has 0 saturated heterocycles. The third kappa shape index (κ3) is 5.20. The van der Waals surface area contributed by atoms with Crippen LogP contribution < -0.4 is 10.9 Å². The van der Waals surface area contributed by atoms with Gasteiger partial charge in [-0.25, -0.2) is 4.79 Å². The van der Waals surface area contributed by atoms with Crippen molar-refractivity contribution in [3.05, 3.63) is 46.3 Å².